The molecule has 0 radical (unpaired) electrons. The fraction of sp³-hybridized carbons (Fsp3) is 0.190. The molecule has 8 nitrogen and oxygen atoms in total. The van der Waals surface area contributed by atoms with E-state index in [1.165, 1.54) is 41.8 Å². The number of nitrogens with zero attached hydrogens (tertiary/aromatic N) is 6. The fourth-order valence-corrected chi connectivity index (χ4v) is 3.65. The van der Waals surface area contributed by atoms with Crippen LogP contribution in [-0.4, -0.2) is 37.4 Å². The SMILES string of the molecule is C[C@H]1CN(c2ccc(C(F)(F)F)cc2)C(=O)c2c(-c3cc(-c4cnccn4)no3)cnn21.S. The third-order valence-corrected chi connectivity index (χ3v) is 5.22. The van der Waals surface area contributed by atoms with Gasteiger partial charge in [-0.05, 0) is 31.2 Å². The number of hydrogen-bond acceptors (Lipinski definition) is 6. The third kappa shape index (κ3) is 3.97. The van der Waals surface area contributed by atoms with E-state index in [1.807, 2.05) is 6.92 Å². The second-order valence-electron chi connectivity index (χ2n) is 7.33. The molecule has 1 amide bonds. The van der Waals surface area contributed by atoms with E-state index in [4.69, 9.17) is 4.52 Å². The molecule has 1 aliphatic heterocycles. The Morgan fingerprint density at radius 1 is 1.09 bits per heavy atom. The van der Waals surface area contributed by atoms with Crippen LogP contribution in [0.1, 0.15) is 29.0 Å². The van der Waals surface area contributed by atoms with Gasteiger partial charge in [0.1, 0.15) is 17.1 Å². The first-order chi connectivity index (χ1) is 15.3. The van der Waals surface area contributed by atoms with Crippen LogP contribution in [0.2, 0.25) is 0 Å². The summed E-state index contributed by atoms with van der Waals surface area (Å²) in [6, 6.07) is 5.94. The van der Waals surface area contributed by atoms with Crippen molar-refractivity contribution in [1.29, 1.82) is 0 Å². The molecule has 0 bridgehead atoms. The van der Waals surface area contributed by atoms with Crippen molar-refractivity contribution >= 4 is 25.1 Å². The van der Waals surface area contributed by atoms with Crippen molar-refractivity contribution in [3.63, 3.8) is 0 Å². The van der Waals surface area contributed by atoms with E-state index in [0.29, 0.717) is 28.4 Å². The molecule has 170 valence electrons. The summed E-state index contributed by atoms with van der Waals surface area (Å²) in [6.45, 7) is 2.13. The molecule has 0 saturated carbocycles. The van der Waals surface area contributed by atoms with E-state index >= 15 is 0 Å². The van der Waals surface area contributed by atoms with Crippen LogP contribution in [0.3, 0.4) is 0 Å². The lowest BCUT2D eigenvalue weighted by atomic mass is 10.1. The Balaban J connectivity index is 0.00000259. The van der Waals surface area contributed by atoms with Gasteiger partial charge in [-0.3, -0.25) is 19.4 Å². The Labute approximate surface area is 192 Å². The molecule has 5 rings (SSSR count). The Hall–Kier alpha value is -3.67. The maximum absolute atomic E-state index is 13.3. The van der Waals surface area contributed by atoms with E-state index in [0.717, 1.165) is 12.1 Å². The largest absolute Gasteiger partial charge is 0.416 e. The number of rotatable bonds is 3. The normalized spacial score (nSPS) is 15.8. The van der Waals surface area contributed by atoms with Gasteiger partial charge in [-0.25, -0.2) is 0 Å². The average molecular weight is 474 g/mol. The molecule has 0 aliphatic carbocycles. The number of fused-ring (bicyclic) bond motifs is 1. The first-order valence-electron chi connectivity index (χ1n) is 9.63. The topological polar surface area (TPSA) is 89.9 Å². The first-order valence-corrected chi connectivity index (χ1v) is 9.63. The summed E-state index contributed by atoms with van der Waals surface area (Å²) in [4.78, 5) is 22.9. The van der Waals surface area contributed by atoms with Gasteiger partial charge in [0, 0.05) is 30.7 Å². The number of amides is 1. The van der Waals surface area contributed by atoms with Gasteiger partial charge in [-0.1, -0.05) is 5.16 Å². The molecule has 12 heteroatoms. The summed E-state index contributed by atoms with van der Waals surface area (Å²) in [5.41, 5.74) is 1.25. The van der Waals surface area contributed by atoms with Crippen LogP contribution in [0.15, 0.2) is 59.6 Å². The maximum atomic E-state index is 13.3. The lowest BCUT2D eigenvalue weighted by molar-refractivity contribution is -0.137. The zero-order valence-corrected chi connectivity index (χ0v) is 18.1. The second-order valence-corrected chi connectivity index (χ2v) is 7.33. The molecule has 1 atom stereocenters. The number of alkyl halides is 3. The van der Waals surface area contributed by atoms with E-state index in [2.05, 4.69) is 20.2 Å². The number of halogens is 3. The third-order valence-electron chi connectivity index (χ3n) is 5.22. The van der Waals surface area contributed by atoms with Crippen molar-refractivity contribution in [3.8, 4) is 22.7 Å². The van der Waals surface area contributed by atoms with E-state index in [1.54, 1.807) is 10.7 Å². The number of carbonyl (C=O) groups excluding carboxylic acids is 1. The van der Waals surface area contributed by atoms with Crippen LogP contribution in [0.25, 0.3) is 22.7 Å². The molecule has 0 fully saturated rings. The number of anilines is 1. The Bertz CT molecular complexity index is 1290. The van der Waals surface area contributed by atoms with Crippen LogP contribution in [-0.2, 0) is 6.18 Å². The predicted octanol–water partition coefficient (Wildman–Crippen LogP) is 4.35. The molecule has 0 unspecified atom stereocenters. The number of aromatic nitrogens is 5. The minimum Gasteiger partial charge on any atom is -0.355 e. The summed E-state index contributed by atoms with van der Waals surface area (Å²) in [5.74, 6) is -0.0745. The fourth-order valence-electron chi connectivity index (χ4n) is 3.65. The molecule has 33 heavy (non-hydrogen) atoms. The van der Waals surface area contributed by atoms with Crippen molar-refractivity contribution in [3.05, 3.63) is 66.4 Å². The highest BCUT2D eigenvalue weighted by Crippen LogP contribution is 2.35. The van der Waals surface area contributed by atoms with Crippen molar-refractivity contribution in [2.45, 2.75) is 19.1 Å². The molecule has 4 heterocycles. The van der Waals surface area contributed by atoms with Crippen LogP contribution in [0.5, 0.6) is 0 Å². The van der Waals surface area contributed by atoms with Gasteiger partial charge in [-0.2, -0.15) is 31.8 Å². The van der Waals surface area contributed by atoms with Gasteiger partial charge >= 0.3 is 6.18 Å². The molecule has 0 N–H and O–H groups in total. The van der Waals surface area contributed by atoms with Gasteiger partial charge in [0.25, 0.3) is 5.91 Å². The van der Waals surface area contributed by atoms with Crippen LogP contribution in [0, 0.1) is 0 Å². The summed E-state index contributed by atoms with van der Waals surface area (Å²) in [7, 11) is 0. The molecule has 3 aromatic heterocycles. The summed E-state index contributed by atoms with van der Waals surface area (Å²) >= 11 is 0. The van der Waals surface area contributed by atoms with E-state index < -0.39 is 17.6 Å². The van der Waals surface area contributed by atoms with Gasteiger partial charge in [0.2, 0.25) is 0 Å². The standard InChI is InChI=1S/C21H15F3N6O2.H2S/c1-12-11-29(14-4-2-13(3-5-14)21(22,23)24)20(31)19-15(9-27-30(12)19)18-8-16(28-32-18)17-10-25-6-7-26-17;/h2-10,12H,11H2,1H3;1H2/t12-;/m0./s1. The minimum atomic E-state index is -4.45. The van der Waals surface area contributed by atoms with Gasteiger partial charge < -0.3 is 9.42 Å². The Morgan fingerprint density at radius 3 is 2.52 bits per heavy atom. The highest BCUT2D eigenvalue weighted by Gasteiger charge is 2.36. The minimum absolute atomic E-state index is 0. The van der Waals surface area contributed by atoms with Crippen LogP contribution < -0.4 is 4.90 Å². The predicted molar refractivity (Wildman–Crippen MR) is 117 cm³/mol. The van der Waals surface area contributed by atoms with Gasteiger partial charge in [-0.15, -0.1) is 0 Å². The zero-order chi connectivity index (χ0) is 22.5. The Morgan fingerprint density at radius 2 is 1.85 bits per heavy atom. The molecular formula is C21H17F3N6O2S. The summed E-state index contributed by atoms with van der Waals surface area (Å²) in [5, 5.41) is 8.33. The van der Waals surface area contributed by atoms with E-state index in [9.17, 15) is 18.0 Å². The van der Waals surface area contributed by atoms with Crippen molar-refractivity contribution in [2.24, 2.45) is 0 Å². The molecule has 1 aliphatic rings. The maximum Gasteiger partial charge on any atom is 0.416 e. The lowest BCUT2D eigenvalue weighted by Crippen LogP contribution is -2.42. The van der Waals surface area contributed by atoms with Crippen LogP contribution >= 0.6 is 13.5 Å². The monoisotopic (exact) mass is 474 g/mol. The van der Waals surface area contributed by atoms with Crippen molar-refractivity contribution in [1.82, 2.24) is 24.9 Å². The van der Waals surface area contributed by atoms with E-state index in [-0.39, 0.29) is 31.8 Å². The van der Waals surface area contributed by atoms with Gasteiger partial charge in [0.05, 0.1) is 29.6 Å². The second kappa shape index (κ2) is 8.35. The highest BCUT2D eigenvalue weighted by molar-refractivity contribution is 7.59. The summed E-state index contributed by atoms with van der Waals surface area (Å²) < 4.78 is 45.7. The zero-order valence-electron chi connectivity index (χ0n) is 17.1. The molecule has 0 saturated heterocycles. The molecule has 0 spiro atoms. The van der Waals surface area contributed by atoms with Crippen molar-refractivity contribution in [2.75, 3.05) is 11.4 Å². The van der Waals surface area contributed by atoms with Gasteiger partial charge in [0.15, 0.2) is 5.76 Å². The van der Waals surface area contributed by atoms with Crippen LogP contribution in [0.4, 0.5) is 18.9 Å². The smallest absolute Gasteiger partial charge is 0.355 e. The first kappa shape index (κ1) is 22.5. The summed E-state index contributed by atoms with van der Waals surface area (Å²) in [6.07, 6.45) is 1.67. The molecular weight excluding hydrogens is 457 g/mol. The lowest BCUT2D eigenvalue weighted by Gasteiger charge is -2.32. The highest BCUT2D eigenvalue weighted by atomic mass is 32.1. The number of benzene rings is 1. The number of hydrogen-bond donors (Lipinski definition) is 0. The quantitative estimate of drug-likeness (QED) is 0.439. The molecule has 1 aromatic carbocycles. The molecule has 4 aromatic rings. The van der Waals surface area contributed by atoms with Crippen molar-refractivity contribution < 1.29 is 22.5 Å². The average Bonchev–Trinajstić information content (AvgIpc) is 3.44. The Kier molecular flexibility index (Phi) is 5.70. The number of carbonyl (C=O) groups is 1.